The van der Waals surface area contributed by atoms with Crippen molar-refractivity contribution in [2.75, 3.05) is 5.32 Å². The second kappa shape index (κ2) is 5.71. The fraction of sp³-hybridized carbons (Fsp3) is 0.400. The minimum absolute atomic E-state index is 0.444. The van der Waals surface area contributed by atoms with Gasteiger partial charge in [0, 0.05) is 17.9 Å². The van der Waals surface area contributed by atoms with Gasteiger partial charge in [0.1, 0.15) is 0 Å². The maximum absolute atomic E-state index is 4.56. The highest BCUT2D eigenvalue weighted by atomic mass is 15.2. The third kappa shape index (κ3) is 2.92. The SMILES string of the molecule is CCCC(C)Nc1nc(C)cn1-c1ccccc1. The first kappa shape index (κ1) is 12.7. The van der Waals surface area contributed by atoms with E-state index in [4.69, 9.17) is 0 Å². The minimum Gasteiger partial charge on any atom is -0.353 e. The Morgan fingerprint density at radius 2 is 2.00 bits per heavy atom. The Bertz CT molecular complexity index is 488. The number of rotatable bonds is 5. The molecule has 0 aliphatic rings. The Balaban J connectivity index is 2.26. The summed E-state index contributed by atoms with van der Waals surface area (Å²) in [5, 5.41) is 3.48. The molecule has 0 amide bonds. The smallest absolute Gasteiger partial charge is 0.207 e. The topological polar surface area (TPSA) is 29.9 Å². The molecule has 3 heteroatoms. The second-order valence-corrected chi connectivity index (χ2v) is 4.75. The molecule has 1 heterocycles. The molecule has 0 bridgehead atoms. The second-order valence-electron chi connectivity index (χ2n) is 4.75. The molecule has 2 rings (SSSR count). The summed E-state index contributed by atoms with van der Waals surface area (Å²) in [6.07, 6.45) is 4.40. The number of anilines is 1. The maximum Gasteiger partial charge on any atom is 0.207 e. The summed E-state index contributed by atoms with van der Waals surface area (Å²) in [4.78, 5) is 4.56. The highest BCUT2D eigenvalue weighted by molar-refractivity contribution is 5.43. The van der Waals surface area contributed by atoms with Gasteiger partial charge in [-0.05, 0) is 32.4 Å². The van der Waals surface area contributed by atoms with Crippen molar-refractivity contribution in [2.45, 2.75) is 39.7 Å². The molecule has 1 aromatic carbocycles. The highest BCUT2D eigenvalue weighted by Crippen LogP contribution is 2.17. The Morgan fingerprint density at radius 3 is 2.67 bits per heavy atom. The molecule has 1 aromatic heterocycles. The molecule has 18 heavy (non-hydrogen) atoms. The van der Waals surface area contributed by atoms with Crippen molar-refractivity contribution in [1.82, 2.24) is 9.55 Å². The summed E-state index contributed by atoms with van der Waals surface area (Å²) in [7, 11) is 0. The van der Waals surface area contributed by atoms with Gasteiger partial charge in [0.25, 0.3) is 0 Å². The molecule has 1 N–H and O–H groups in total. The number of para-hydroxylation sites is 1. The Labute approximate surface area is 109 Å². The van der Waals surface area contributed by atoms with Crippen molar-refractivity contribution < 1.29 is 0 Å². The van der Waals surface area contributed by atoms with Crippen molar-refractivity contribution in [1.29, 1.82) is 0 Å². The molecule has 0 aliphatic heterocycles. The zero-order valence-electron chi connectivity index (χ0n) is 11.4. The van der Waals surface area contributed by atoms with Crippen molar-refractivity contribution in [3.63, 3.8) is 0 Å². The first-order chi connectivity index (χ1) is 8.70. The van der Waals surface area contributed by atoms with E-state index in [1.165, 1.54) is 6.42 Å². The lowest BCUT2D eigenvalue weighted by atomic mass is 10.2. The highest BCUT2D eigenvalue weighted by Gasteiger charge is 2.09. The van der Waals surface area contributed by atoms with Gasteiger partial charge in [-0.25, -0.2) is 4.98 Å². The van der Waals surface area contributed by atoms with Crippen LogP contribution < -0.4 is 5.32 Å². The van der Waals surface area contributed by atoms with E-state index in [1.54, 1.807) is 0 Å². The maximum atomic E-state index is 4.56. The van der Waals surface area contributed by atoms with Gasteiger partial charge in [-0.15, -0.1) is 0 Å². The van der Waals surface area contributed by atoms with Crippen LogP contribution >= 0.6 is 0 Å². The normalized spacial score (nSPS) is 12.4. The molecule has 0 aliphatic carbocycles. The molecule has 0 fully saturated rings. The Morgan fingerprint density at radius 1 is 1.28 bits per heavy atom. The van der Waals surface area contributed by atoms with Crippen LogP contribution in [-0.4, -0.2) is 15.6 Å². The van der Waals surface area contributed by atoms with E-state index in [2.05, 4.69) is 47.0 Å². The summed E-state index contributed by atoms with van der Waals surface area (Å²) in [5.74, 6) is 0.930. The molecular weight excluding hydrogens is 222 g/mol. The molecule has 3 nitrogen and oxygen atoms in total. The number of imidazole rings is 1. The standard InChI is InChI=1S/C15H21N3/c1-4-8-12(2)16-15-17-13(3)11-18(15)14-9-6-5-7-10-14/h5-7,9-12H,4,8H2,1-3H3,(H,16,17). The van der Waals surface area contributed by atoms with Crippen molar-refractivity contribution in [3.05, 3.63) is 42.2 Å². The largest absolute Gasteiger partial charge is 0.353 e. The number of aromatic nitrogens is 2. The van der Waals surface area contributed by atoms with Crippen LogP contribution in [0.1, 0.15) is 32.4 Å². The van der Waals surface area contributed by atoms with Crippen LogP contribution in [0.4, 0.5) is 5.95 Å². The van der Waals surface area contributed by atoms with Crippen LogP contribution in [0.5, 0.6) is 0 Å². The number of hydrogen-bond donors (Lipinski definition) is 1. The summed E-state index contributed by atoms with van der Waals surface area (Å²) in [5.41, 5.74) is 2.18. The van der Waals surface area contributed by atoms with Gasteiger partial charge in [0.15, 0.2) is 0 Å². The van der Waals surface area contributed by atoms with Crippen LogP contribution in [-0.2, 0) is 0 Å². The van der Waals surface area contributed by atoms with Crippen LogP contribution in [0.2, 0.25) is 0 Å². The van der Waals surface area contributed by atoms with Gasteiger partial charge in [-0.3, -0.25) is 4.57 Å². The fourth-order valence-electron chi connectivity index (χ4n) is 2.11. The predicted octanol–water partition coefficient (Wildman–Crippen LogP) is 3.78. The molecular formula is C15H21N3. The number of nitrogens with one attached hydrogen (secondary N) is 1. The van der Waals surface area contributed by atoms with E-state index in [0.717, 1.165) is 23.8 Å². The van der Waals surface area contributed by atoms with Crippen LogP contribution in [0.25, 0.3) is 5.69 Å². The zero-order chi connectivity index (χ0) is 13.0. The molecule has 0 saturated carbocycles. The van der Waals surface area contributed by atoms with Gasteiger partial charge in [-0.1, -0.05) is 31.5 Å². The first-order valence-corrected chi connectivity index (χ1v) is 6.58. The van der Waals surface area contributed by atoms with Gasteiger partial charge in [0.05, 0.1) is 5.69 Å². The molecule has 0 spiro atoms. The lowest BCUT2D eigenvalue weighted by Gasteiger charge is -2.15. The van der Waals surface area contributed by atoms with E-state index in [0.29, 0.717) is 6.04 Å². The summed E-state index contributed by atoms with van der Waals surface area (Å²) in [6, 6.07) is 10.8. The molecule has 0 saturated heterocycles. The number of aryl methyl sites for hydroxylation is 1. The molecule has 96 valence electrons. The molecule has 2 aromatic rings. The minimum atomic E-state index is 0.444. The van der Waals surface area contributed by atoms with Crippen molar-refractivity contribution in [3.8, 4) is 5.69 Å². The predicted molar refractivity (Wildman–Crippen MR) is 76.3 cm³/mol. The third-order valence-corrected chi connectivity index (χ3v) is 2.96. The lowest BCUT2D eigenvalue weighted by Crippen LogP contribution is -2.17. The summed E-state index contributed by atoms with van der Waals surface area (Å²) >= 11 is 0. The van der Waals surface area contributed by atoms with E-state index in [9.17, 15) is 0 Å². The molecule has 1 unspecified atom stereocenters. The van der Waals surface area contributed by atoms with Crippen molar-refractivity contribution in [2.24, 2.45) is 0 Å². The van der Waals surface area contributed by atoms with Crippen LogP contribution in [0.3, 0.4) is 0 Å². The Kier molecular flexibility index (Phi) is 4.03. The van der Waals surface area contributed by atoms with E-state index in [1.807, 2.05) is 25.1 Å². The number of benzene rings is 1. The summed E-state index contributed by atoms with van der Waals surface area (Å²) in [6.45, 7) is 6.42. The molecule has 1 atom stereocenters. The number of hydrogen-bond acceptors (Lipinski definition) is 2. The Hall–Kier alpha value is -1.77. The van der Waals surface area contributed by atoms with Gasteiger partial charge >= 0.3 is 0 Å². The van der Waals surface area contributed by atoms with Gasteiger partial charge < -0.3 is 5.32 Å². The van der Waals surface area contributed by atoms with Gasteiger partial charge in [-0.2, -0.15) is 0 Å². The van der Waals surface area contributed by atoms with Crippen LogP contribution in [0.15, 0.2) is 36.5 Å². The van der Waals surface area contributed by atoms with E-state index in [-0.39, 0.29) is 0 Å². The quantitative estimate of drug-likeness (QED) is 0.866. The zero-order valence-corrected chi connectivity index (χ0v) is 11.4. The summed E-state index contributed by atoms with van der Waals surface area (Å²) < 4.78 is 2.11. The van der Waals surface area contributed by atoms with Crippen LogP contribution in [0, 0.1) is 6.92 Å². The first-order valence-electron chi connectivity index (χ1n) is 6.58. The third-order valence-electron chi connectivity index (χ3n) is 2.96. The monoisotopic (exact) mass is 243 g/mol. The lowest BCUT2D eigenvalue weighted by molar-refractivity contribution is 0.682. The van der Waals surface area contributed by atoms with E-state index >= 15 is 0 Å². The number of nitrogens with zero attached hydrogens (tertiary/aromatic N) is 2. The molecule has 0 radical (unpaired) electrons. The van der Waals surface area contributed by atoms with Gasteiger partial charge in [0.2, 0.25) is 5.95 Å². The van der Waals surface area contributed by atoms with Crippen molar-refractivity contribution >= 4 is 5.95 Å². The average molecular weight is 243 g/mol. The van der Waals surface area contributed by atoms with E-state index < -0.39 is 0 Å². The average Bonchev–Trinajstić information content (AvgIpc) is 2.71. The fourth-order valence-corrected chi connectivity index (χ4v) is 2.11.